The number of hydrogen-bond donors (Lipinski definition) is 0. The second-order valence-electron chi connectivity index (χ2n) is 7.57. The van der Waals surface area contributed by atoms with E-state index >= 15 is 0 Å². The number of benzene rings is 2. The van der Waals surface area contributed by atoms with E-state index in [9.17, 15) is 0 Å². The zero-order valence-electron chi connectivity index (χ0n) is 17.7. The molecular formula is C23H31N4O2+. The minimum absolute atomic E-state index is 0.824. The Morgan fingerprint density at radius 2 is 1.86 bits per heavy atom. The predicted molar refractivity (Wildman–Crippen MR) is 118 cm³/mol. The van der Waals surface area contributed by atoms with Crippen LogP contribution in [-0.2, 0) is 4.74 Å². The van der Waals surface area contributed by atoms with Crippen molar-refractivity contribution in [2.24, 2.45) is 0 Å². The molecule has 3 aliphatic rings. The highest BCUT2D eigenvalue weighted by Crippen LogP contribution is 2.26. The summed E-state index contributed by atoms with van der Waals surface area (Å²) >= 11 is 0. The molecule has 0 bridgehead atoms. The quantitative estimate of drug-likeness (QED) is 0.474. The lowest BCUT2D eigenvalue weighted by atomic mass is 10.2. The number of fused-ring (bicyclic) bond motifs is 2. The first kappa shape index (κ1) is 19.9. The molecule has 1 aromatic carbocycles. The van der Waals surface area contributed by atoms with Crippen molar-refractivity contribution in [3.05, 3.63) is 41.8 Å². The second-order valence-corrected chi connectivity index (χ2v) is 7.57. The number of ether oxygens (including phenoxy) is 1. The van der Waals surface area contributed by atoms with E-state index in [0.717, 1.165) is 80.4 Å². The van der Waals surface area contributed by atoms with Crippen LogP contribution >= 0.6 is 0 Å². The Balaban J connectivity index is 1.64. The fourth-order valence-corrected chi connectivity index (χ4v) is 3.87. The van der Waals surface area contributed by atoms with Crippen molar-refractivity contribution < 1.29 is 9.15 Å². The SMILES string of the molecule is CCN(CC)c1ccc2nc3ccc(=[N+](C)CCN4CCOCC4)cc-3oc2c1. The minimum Gasteiger partial charge on any atom is -0.452 e. The Labute approximate surface area is 172 Å². The van der Waals surface area contributed by atoms with Gasteiger partial charge in [0.2, 0.25) is 5.36 Å². The lowest BCUT2D eigenvalue weighted by Gasteiger charge is -2.25. The lowest BCUT2D eigenvalue weighted by Crippen LogP contribution is -2.41. The second kappa shape index (κ2) is 8.93. The maximum atomic E-state index is 6.27. The molecule has 0 N–H and O–H groups in total. The largest absolute Gasteiger partial charge is 0.452 e. The Morgan fingerprint density at radius 1 is 1.07 bits per heavy atom. The fraction of sp³-hybridized carbons (Fsp3) is 0.478. The molecule has 29 heavy (non-hydrogen) atoms. The van der Waals surface area contributed by atoms with Crippen LogP contribution in [0.15, 0.2) is 40.8 Å². The minimum atomic E-state index is 0.824. The molecule has 154 valence electrons. The molecule has 6 heteroatoms. The van der Waals surface area contributed by atoms with Gasteiger partial charge in [0.15, 0.2) is 17.9 Å². The van der Waals surface area contributed by atoms with Gasteiger partial charge in [-0.15, -0.1) is 0 Å². The number of aromatic nitrogens is 1. The first-order chi connectivity index (χ1) is 14.2. The highest BCUT2D eigenvalue weighted by Gasteiger charge is 2.14. The summed E-state index contributed by atoms with van der Waals surface area (Å²) in [7, 11) is 2.13. The van der Waals surface area contributed by atoms with Crippen molar-refractivity contribution in [1.82, 2.24) is 14.5 Å². The average molecular weight is 396 g/mol. The zero-order valence-corrected chi connectivity index (χ0v) is 17.7. The van der Waals surface area contributed by atoms with Crippen LogP contribution < -0.4 is 14.8 Å². The summed E-state index contributed by atoms with van der Waals surface area (Å²) in [5, 5.41) is 1.15. The number of anilines is 1. The number of nitrogens with zero attached hydrogens (tertiary/aromatic N) is 4. The summed E-state index contributed by atoms with van der Waals surface area (Å²) in [6.07, 6.45) is 0. The molecule has 0 saturated carbocycles. The molecule has 2 heterocycles. The third-order valence-corrected chi connectivity index (χ3v) is 5.77. The average Bonchev–Trinajstić information content (AvgIpc) is 2.77. The van der Waals surface area contributed by atoms with Gasteiger partial charge in [-0.05, 0) is 32.0 Å². The van der Waals surface area contributed by atoms with Crippen LogP contribution in [0.4, 0.5) is 5.69 Å². The molecule has 4 rings (SSSR count). The van der Waals surface area contributed by atoms with Crippen LogP contribution in [0.2, 0.25) is 0 Å². The van der Waals surface area contributed by atoms with E-state index in [1.807, 2.05) is 6.07 Å². The van der Waals surface area contributed by atoms with Gasteiger partial charge in [0.25, 0.3) is 0 Å². The maximum Gasteiger partial charge on any atom is 0.203 e. The smallest absolute Gasteiger partial charge is 0.203 e. The standard InChI is InChI=1S/C23H31N4O2/c1-4-27(5-2)19-7-9-21-23(17-19)29-22-16-18(6-8-20(22)24-21)25(3)10-11-26-12-14-28-15-13-26/h6-9,16-17H,4-5,10-15H2,1-3H3/q+1. The van der Waals surface area contributed by atoms with Gasteiger partial charge in [-0.25, -0.2) is 9.56 Å². The van der Waals surface area contributed by atoms with Gasteiger partial charge in [-0.3, -0.25) is 4.90 Å². The number of likely N-dealkylation sites (N-methyl/N-ethyl adjacent to an activating group) is 1. The molecule has 0 atom stereocenters. The highest BCUT2D eigenvalue weighted by molar-refractivity contribution is 5.80. The van der Waals surface area contributed by atoms with Crippen LogP contribution in [0.3, 0.4) is 0 Å². The zero-order chi connectivity index (χ0) is 20.2. The third-order valence-electron chi connectivity index (χ3n) is 5.77. The molecule has 2 aliphatic heterocycles. The van der Waals surface area contributed by atoms with Gasteiger partial charge in [0.05, 0.1) is 25.8 Å². The molecule has 0 radical (unpaired) electrons. The molecule has 0 unspecified atom stereocenters. The summed E-state index contributed by atoms with van der Waals surface area (Å²) in [5.74, 6) is 0.824. The van der Waals surface area contributed by atoms with Crippen LogP contribution in [-0.4, -0.2) is 69.4 Å². The highest BCUT2D eigenvalue weighted by atomic mass is 16.5. The molecule has 0 amide bonds. The van der Waals surface area contributed by atoms with Gasteiger partial charge < -0.3 is 14.1 Å². The van der Waals surface area contributed by atoms with E-state index < -0.39 is 0 Å². The summed E-state index contributed by atoms with van der Waals surface area (Å²) in [6, 6.07) is 12.6. The van der Waals surface area contributed by atoms with Gasteiger partial charge >= 0.3 is 0 Å². The van der Waals surface area contributed by atoms with Crippen LogP contribution in [0, 0.1) is 0 Å². The van der Waals surface area contributed by atoms with E-state index in [1.165, 1.54) is 5.69 Å². The molecule has 1 saturated heterocycles. The van der Waals surface area contributed by atoms with Gasteiger partial charge in [0.1, 0.15) is 18.3 Å². The number of morpholine rings is 1. The summed E-state index contributed by atoms with van der Waals surface area (Å²) in [6.45, 7) is 12.0. The van der Waals surface area contributed by atoms with Crippen molar-refractivity contribution in [3.8, 4) is 11.5 Å². The van der Waals surface area contributed by atoms with E-state index in [1.54, 1.807) is 0 Å². The molecule has 1 fully saturated rings. The van der Waals surface area contributed by atoms with E-state index in [4.69, 9.17) is 14.1 Å². The summed E-state index contributed by atoms with van der Waals surface area (Å²) < 4.78 is 14.0. The van der Waals surface area contributed by atoms with E-state index in [0.29, 0.717) is 0 Å². The monoisotopic (exact) mass is 395 g/mol. The number of hydrogen-bond acceptors (Lipinski definition) is 5. The first-order valence-corrected chi connectivity index (χ1v) is 10.6. The molecule has 0 spiro atoms. The van der Waals surface area contributed by atoms with Crippen LogP contribution in [0.5, 0.6) is 0 Å². The number of rotatable bonds is 6. The van der Waals surface area contributed by atoms with Crippen molar-refractivity contribution in [2.45, 2.75) is 13.8 Å². The normalized spacial score (nSPS) is 16.4. The Hall–Kier alpha value is -2.44. The first-order valence-electron chi connectivity index (χ1n) is 10.6. The van der Waals surface area contributed by atoms with Gasteiger partial charge in [-0.1, -0.05) is 0 Å². The van der Waals surface area contributed by atoms with Crippen molar-refractivity contribution in [3.63, 3.8) is 0 Å². The summed E-state index contributed by atoms with van der Waals surface area (Å²) in [5.41, 5.74) is 3.78. The predicted octanol–water partition coefficient (Wildman–Crippen LogP) is 2.51. The Kier molecular flexibility index (Phi) is 6.11. The third kappa shape index (κ3) is 4.43. The molecule has 6 nitrogen and oxygen atoms in total. The Bertz CT molecular complexity index is 1000. The lowest BCUT2D eigenvalue weighted by molar-refractivity contribution is 0.0380. The molecule has 0 aromatic heterocycles. The fourth-order valence-electron chi connectivity index (χ4n) is 3.87. The van der Waals surface area contributed by atoms with Gasteiger partial charge in [-0.2, -0.15) is 0 Å². The molecule has 1 aliphatic carbocycles. The Morgan fingerprint density at radius 3 is 2.62 bits per heavy atom. The van der Waals surface area contributed by atoms with Crippen molar-refractivity contribution in [1.29, 1.82) is 0 Å². The molecule has 1 aromatic rings. The summed E-state index contributed by atoms with van der Waals surface area (Å²) in [4.78, 5) is 9.56. The maximum absolute atomic E-state index is 6.27. The van der Waals surface area contributed by atoms with E-state index in [-0.39, 0.29) is 0 Å². The van der Waals surface area contributed by atoms with E-state index in [2.05, 4.69) is 65.6 Å². The van der Waals surface area contributed by atoms with Crippen molar-refractivity contribution >= 4 is 16.8 Å². The van der Waals surface area contributed by atoms with Crippen LogP contribution in [0.1, 0.15) is 13.8 Å². The van der Waals surface area contributed by atoms with Crippen molar-refractivity contribution in [2.75, 3.05) is 64.4 Å². The molecular weight excluding hydrogens is 364 g/mol. The van der Waals surface area contributed by atoms with Gasteiger partial charge in [0, 0.05) is 44.0 Å². The topological polar surface area (TPSA) is 44.8 Å². The van der Waals surface area contributed by atoms with Crippen LogP contribution in [0.25, 0.3) is 22.6 Å².